The van der Waals surface area contributed by atoms with Gasteiger partial charge in [0.2, 0.25) is 0 Å². The van der Waals surface area contributed by atoms with Gasteiger partial charge in [-0.15, -0.1) is 0 Å². The molecule has 1 aromatic rings. The van der Waals surface area contributed by atoms with Crippen LogP contribution in [0.25, 0.3) is 0 Å². The Bertz CT molecular complexity index is 476. The zero-order valence-electron chi connectivity index (χ0n) is 11.5. The van der Waals surface area contributed by atoms with Gasteiger partial charge in [-0.05, 0) is 36.4 Å². The molecule has 1 saturated heterocycles. The molecule has 1 heterocycles. The molecule has 0 bridgehead atoms. The van der Waals surface area contributed by atoms with E-state index in [9.17, 15) is 10.1 Å². The van der Waals surface area contributed by atoms with Gasteiger partial charge in [0, 0.05) is 19.2 Å². The zero-order chi connectivity index (χ0) is 14.0. The van der Waals surface area contributed by atoms with Crippen LogP contribution in [0.4, 0.5) is 11.4 Å². The third kappa shape index (κ3) is 3.23. The van der Waals surface area contributed by atoms with Crippen LogP contribution in [0.15, 0.2) is 18.2 Å². The zero-order valence-corrected chi connectivity index (χ0v) is 11.5. The van der Waals surface area contributed by atoms with E-state index in [2.05, 4.69) is 18.7 Å². The minimum Gasteiger partial charge on any atom is -0.393 e. The maximum absolute atomic E-state index is 10.7. The SMILES string of the molecule is CC1CCN(Cc2ccc([N+](=O)[O-])c(N)c2)CC1C. The Morgan fingerprint density at radius 2 is 2.16 bits per heavy atom. The number of likely N-dealkylation sites (tertiary alicyclic amines) is 1. The summed E-state index contributed by atoms with van der Waals surface area (Å²) in [6.45, 7) is 7.56. The van der Waals surface area contributed by atoms with Gasteiger partial charge in [-0.3, -0.25) is 15.0 Å². The van der Waals surface area contributed by atoms with Gasteiger partial charge in [-0.25, -0.2) is 0 Å². The highest BCUT2D eigenvalue weighted by Gasteiger charge is 2.22. The number of piperidine rings is 1. The van der Waals surface area contributed by atoms with Gasteiger partial charge in [0.05, 0.1) is 4.92 Å². The molecule has 1 aromatic carbocycles. The molecular formula is C14H21N3O2. The summed E-state index contributed by atoms with van der Waals surface area (Å²) in [6.07, 6.45) is 1.21. The van der Waals surface area contributed by atoms with Gasteiger partial charge in [0.15, 0.2) is 0 Å². The molecule has 0 aromatic heterocycles. The number of nitrogens with zero attached hydrogens (tertiary/aromatic N) is 2. The number of nitrogens with two attached hydrogens (primary N) is 1. The van der Waals surface area contributed by atoms with Crippen LogP contribution < -0.4 is 5.73 Å². The first-order valence-corrected chi connectivity index (χ1v) is 6.72. The van der Waals surface area contributed by atoms with Crippen molar-refractivity contribution in [2.24, 2.45) is 11.8 Å². The Hall–Kier alpha value is -1.62. The van der Waals surface area contributed by atoms with Gasteiger partial charge in [0.1, 0.15) is 5.69 Å². The second kappa shape index (κ2) is 5.57. The first-order chi connectivity index (χ1) is 8.97. The molecular weight excluding hydrogens is 242 g/mol. The largest absolute Gasteiger partial charge is 0.393 e. The van der Waals surface area contributed by atoms with Crippen molar-refractivity contribution in [2.45, 2.75) is 26.8 Å². The van der Waals surface area contributed by atoms with Crippen LogP contribution in [0.5, 0.6) is 0 Å². The van der Waals surface area contributed by atoms with Crippen LogP contribution in [0.1, 0.15) is 25.8 Å². The van der Waals surface area contributed by atoms with E-state index in [1.807, 2.05) is 0 Å². The Balaban J connectivity index is 2.04. The molecule has 0 aliphatic carbocycles. The molecule has 2 N–H and O–H groups in total. The molecule has 5 heteroatoms. The number of hydrogen-bond donors (Lipinski definition) is 1. The maximum atomic E-state index is 10.7. The van der Waals surface area contributed by atoms with E-state index >= 15 is 0 Å². The topological polar surface area (TPSA) is 72.4 Å². The number of nitro groups is 1. The summed E-state index contributed by atoms with van der Waals surface area (Å²) in [5.74, 6) is 1.47. The number of hydrogen-bond acceptors (Lipinski definition) is 4. The summed E-state index contributed by atoms with van der Waals surface area (Å²) in [5.41, 5.74) is 7.00. The predicted octanol–water partition coefficient (Wildman–Crippen LogP) is 2.65. The van der Waals surface area contributed by atoms with Crippen molar-refractivity contribution in [3.8, 4) is 0 Å². The summed E-state index contributed by atoms with van der Waals surface area (Å²) < 4.78 is 0. The highest BCUT2D eigenvalue weighted by atomic mass is 16.6. The highest BCUT2D eigenvalue weighted by Crippen LogP contribution is 2.26. The number of nitrogen functional groups attached to an aromatic ring is 1. The number of rotatable bonds is 3. The first-order valence-electron chi connectivity index (χ1n) is 6.72. The molecule has 104 valence electrons. The van der Waals surface area contributed by atoms with Crippen LogP contribution in [0, 0.1) is 22.0 Å². The fraction of sp³-hybridized carbons (Fsp3) is 0.571. The molecule has 19 heavy (non-hydrogen) atoms. The van der Waals surface area contributed by atoms with Crippen LogP contribution >= 0.6 is 0 Å². The van der Waals surface area contributed by atoms with Crippen LogP contribution in [-0.2, 0) is 6.54 Å². The van der Waals surface area contributed by atoms with Crippen LogP contribution in [0.2, 0.25) is 0 Å². The molecule has 5 nitrogen and oxygen atoms in total. The van der Waals surface area contributed by atoms with Crippen LogP contribution in [-0.4, -0.2) is 22.9 Å². The molecule has 1 aliphatic heterocycles. The quantitative estimate of drug-likeness (QED) is 0.517. The molecule has 2 rings (SSSR count). The monoisotopic (exact) mass is 263 g/mol. The molecule has 0 spiro atoms. The van der Waals surface area contributed by atoms with Crippen molar-refractivity contribution in [3.05, 3.63) is 33.9 Å². The molecule has 1 fully saturated rings. The minimum atomic E-state index is -0.441. The smallest absolute Gasteiger partial charge is 0.292 e. The first kappa shape index (κ1) is 13.8. The van der Waals surface area contributed by atoms with Gasteiger partial charge in [-0.1, -0.05) is 19.9 Å². The highest BCUT2D eigenvalue weighted by molar-refractivity contribution is 5.59. The van der Waals surface area contributed by atoms with Gasteiger partial charge in [-0.2, -0.15) is 0 Å². The second-order valence-corrected chi connectivity index (χ2v) is 5.63. The van der Waals surface area contributed by atoms with Crippen molar-refractivity contribution in [1.29, 1.82) is 0 Å². The predicted molar refractivity (Wildman–Crippen MR) is 75.7 cm³/mol. The summed E-state index contributed by atoms with van der Waals surface area (Å²) in [4.78, 5) is 12.7. The van der Waals surface area contributed by atoms with Crippen molar-refractivity contribution >= 4 is 11.4 Å². The lowest BCUT2D eigenvalue weighted by molar-refractivity contribution is -0.383. The number of benzene rings is 1. The Labute approximate surface area is 113 Å². The normalized spacial score (nSPS) is 24.3. The van der Waals surface area contributed by atoms with Crippen LogP contribution in [0.3, 0.4) is 0 Å². The van der Waals surface area contributed by atoms with E-state index in [4.69, 9.17) is 5.73 Å². The van der Waals surface area contributed by atoms with E-state index in [1.54, 1.807) is 12.1 Å². The molecule has 0 radical (unpaired) electrons. The van der Waals surface area contributed by atoms with Crippen molar-refractivity contribution < 1.29 is 4.92 Å². The van der Waals surface area contributed by atoms with Crippen molar-refractivity contribution in [2.75, 3.05) is 18.8 Å². The van der Waals surface area contributed by atoms with Gasteiger partial charge in [0.25, 0.3) is 5.69 Å². The summed E-state index contributed by atoms with van der Waals surface area (Å²) in [6, 6.07) is 5.03. The van der Waals surface area contributed by atoms with E-state index in [1.165, 1.54) is 12.5 Å². The lowest BCUT2D eigenvalue weighted by Crippen LogP contribution is -2.37. The summed E-state index contributed by atoms with van der Waals surface area (Å²) >= 11 is 0. The molecule has 2 atom stereocenters. The molecule has 2 unspecified atom stereocenters. The Kier molecular flexibility index (Phi) is 4.04. The maximum Gasteiger partial charge on any atom is 0.292 e. The fourth-order valence-electron chi connectivity index (χ4n) is 2.62. The van der Waals surface area contributed by atoms with E-state index in [-0.39, 0.29) is 11.4 Å². The Morgan fingerprint density at radius 3 is 2.74 bits per heavy atom. The van der Waals surface area contributed by atoms with Gasteiger partial charge >= 0.3 is 0 Å². The Morgan fingerprint density at radius 1 is 1.42 bits per heavy atom. The van der Waals surface area contributed by atoms with E-state index in [0.29, 0.717) is 5.92 Å². The minimum absolute atomic E-state index is 0.00983. The van der Waals surface area contributed by atoms with Crippen molar-refractivity contribution in [3.63, 3.8) is 0 Å². The standard InChI is InChI=1S/C14H21N3O2/c1-10-5-6-16(8-11(10)2)9-12-3-4-14(17(18)19)13(15)7-12/h3-4,7,10-11H,5-6,8-9,15H2,1-2H3. The fourth-order valence-corrected chi connectivity index (χ4v) is 2.62. The summed E-state index contributed by atoms with van der Waals surface area (Å²) in [5, 5.41) is 10.7. The number of nitro benzene ring substituents is 1. The summed E-state index contributed by atoms with van der Waals surface area (Å²) in [7, 11) is 0. The molecule has 0 amide bonds. The second-order valence-electron chi connectivity index (χ2n) is 5.63. The van der Waals surface area contributed by atoms with E-state index in [0.717, 1.165) is 31.1 Å². The van der Waals surface area contributed by atoms with Gasteiger partial charge < -0.3 is 5.73 Å². The average molecular weight is 263 g/mol. The lowest BCUT2D eigenvalue weighted by Gasteiger charge is -2.35. The average Bonchev–Trinajstić information content (AvgIpc) is 2.33. The third-order valence-corrected chi connectivity index (χ3v) is 4.11. The van der Waals surface area contributed by atoms with E-state index < -0.39 is 4.92 Å². The van der Waals surface area contributed by atoms with Crippen molar-refractivity contribution in [1.82, 2.24) is 4.90 Å². The number of anilines is 1. The molecule has 1 aliphatic rings. The lowest BCUT2D eigenvalue weighted by atomic mass is 9.88. The molecule has 0 saturated carbocycles. The third-order valence-electron chi connectivity index (χ3n) is 4.11.